The third-order valence-corrected chi connectivity index (χ3v) is 2.57. The van der Waals surface area contributed by atoms with Crippen molar-refractivity contribution in [3.63, 3.8) is 0 Å². The van der Waals surface area contributed by atoms with Crippen LogP contribution in [0.2, 0.25) is 0 Å². The Labute approximate surface area is 107 Å². The molecule has 0 spiro atoms. The summed E-state index contributed by atoms with van der Waals surface area (Å²) >= 11 is 0. The van der Waals surface area contributed by atoms with Crippen molar-refractivity contribution in [3.05, 3.63) is 54.1 Å². The Kier molecular flexibility index (Phi) is 4.50. The molecule has 0 aliphatic carbocycles. The maximum absolute atomic E-state index is 5.73. The second kappa shape index (κ2) is 6.33. The summed E-state index contributed by atoms with van der Waals surface area (Å²) in [5, 5.41) is 0. The first-order valence-corrected chi connectivity index (χ1v) is 6.12. The first-order chi connectivity index (χ1) is 8.74. The standard InChI is InChI=1S/C14H19N3O/c1-12(15)7-14-8-17(10-16-14)11-18-9-13-5-3-2-4-6-13/h2-6,8,10,12H,7,9,11,15H2,1H3. The van der Waals surface area contributed by atoms with E-state index >= 15 is 0 Å². The number of hydrogen-bond acceptors (Lipinski definition) is 3. The maximum atomic E-state index is 5.73. The highest BCUT2D eigenvalue weighted by Crippen LogP contribution is 2.03. The van der Waals surface area contributed by atoms with Gasteiger partial charge in [-0.25, -0.2) is 4.98 Å². The molecule has 96 valence electrons. The molecule has 2 aromatic rings. The summed E-state index contributed by atoms with van der Waals surface area (Å²) in [7, 11) is 0. The van der Waals surface area contributed by atoms with E-state index in [4.69, 9.17) is 10.5 Å². The minimum atomic E-state index is 0.138. The topological polar surface area (TPSA) is 53.1 Å². The highest BCUT2D eigenvalue weighted by Gasteiger charge is 2.02. The summed E-state index contributed by atoms with van der Waals surface area (Å²) in [6.45, 7) is 3.10. The molecule has 1 aromatic heterocycles. The van der Waals surface area contributed by atoms with Crippen molar-refractivity contribution in [1.29, 1.82) is 0 Å². The van der Waals surface area contributed by atoms with Crippen molar-refractivity contribution in [2.45, 2.75) is 32.7 Å². The van der Waals surface area contributed by atoms with E-state index in [0.717, 1.165) is 12.1 Å². The lowest BCUT2D eigenvalue weighted by Gasteiger charge is -2.04. The first kappa shape index (κ1) is 12.8. The van der Waals surface area contributed by atoms with Gasteiger partial charge in [0.1, 0.15) is 6.73 Å². The number of rotatable bonds is 6. The lowest BCUT2D eigenvalue weighted by molar-refractivity contribution is 0.0639. The van der Waals surface area contributed by atoms with Gasteiger partial charge in [-0.15, -0.1) is 0 Å². The monoisotopic (exact) mass is 245 g/mol. The van der Waals surface area contributed by atoms with Gasteiger partial charge in [-0.3, -0.25) is 0 Å². The number of ether oxygens (including phenoxy) is 1. The minimum Gasteiger partial charge on any atom is -0.356 e. The normalized spacial score (nSPS) is 12.6. The molecule has 4 heteroatoms. The van der Waals surface area contributed by atoms with Gasteiger partial charge in [-0.2, -0.15) is 0 Å². The number of aromatic nitrogens is 2. The molecule has 2 rings (SSSR count). The van der Waals surface area contributed by atoms with Crippen LogP contribution in [-0.2, 0) is 24.5 Å². The molecule has 1 unspecified atom stereocenters. The lowest BCUT2D eigenvalue weighted by Crippen LogP contribution is -2.17. The molecular weight excluding hydrogens is 226 g/mol. The Balaban J connectivity index is 1.78. The van der Waals surface area contributed by atoms with Crippen molar-refractivity contribution in [2.75, 3.05) is 0 Å². The molecule has 0 radical (unpaired) electrons. The van der Waals surface area contributed by atoms with E-state index in [-0.39, 0.29) is 6.04 Å². The summed E-state index contributed by atoms with van der Waals surface area (Å²) in [5.74, 6) is 0. The highest BCUT2D eigenvalue weighted by molar-refractivity contribution is 5.13. The van der Waals surface area contributed by atoms with Gasteiger partial charge in [-0.05, 0) is 12.5 Å². The second-order valence-corrected chi connectivity index (χ2v) is 4.52. The molecule has 0 fully saturated rings. The fourth-order valence-electron chi connectivity index (χ4n) is 1.76. The molecule has 1 atom stereocenters. The maximum Gasteiger partial charge on any atom is 0.124 e. The van der Waals surface area contributed by atoms with Gasteiger partial charge in [0.2, 0.25) is 0 Å². The number of benzene rings is 1. The molecule has 18 heavy (non-hydrogen) atoms. The van der Waals surface area contributed by atoms with Crippen molar-refractivity contribution < 1.29 is 4.74 Å². The van der Waals surface area contributed by atoms with Gasteiger partial charge in [0.05, 0.1) is 18.6 Å². The van der Waals surface area contributed by atoms with E-state index in [1.807, 2.05) is 35.9 Å². The zero-order chi connectivity index (χ0) is 12.8. The number of hydrogen-bond donors (Lipinski definition) is 1. The van der Waals surface area contributed by atoms with E-state index in [9.17, 15) is 0 Å². The van der Waals surface area contributed by atoms with Crippen LogP contribution in [0.3, 0.4) is 0 Å². The zero-order valence-corrected chi connectivity index (χ0v) is 10.6. The summed E-state index contributed by atoms with van der Waals surface area (Å²) in [4.78, 5) is 4.28. The van der Waals surface area contributed by atoms with Gasteiger partial charge in [0, 0.05) is 18.7 Å². The summed E-state index contributed by atoms with van der Waals surface area (Å²) in [6.07, 6.45) is 4.56. The lowest BCUT2D eigenvalue weighted by atomic mass is 10.2. The van der Waals surface area contributed by atoms with Crippen LogP contribution in [0.15, 0.2) is 42.9 Å². The smallest absolute Gasteiger partial charge is 0.124 e. The second-order valence-electron chi connectivity index (χ2n) is 4.52. The van der Waals surface area contributed by atoms with E-state index in [2.05, 4.69) is 17.1 Å². The van der Waals surface area contributed by atoms with Crippen LogP contribution in [0.25, 0.3) is 0 Å². The van der Waals surface area contributed by atoms with Crippen LogP contribution in [-0.4, -0.2) is 15.6 Å². The van der Waals surface area contributed by atoms with Crippen molar-refractivity contribution in [3.8, 4) is 0 Å². The Morgan fingerprint density at radius 1 is 1.33 bits per heavy atom. The van der Waals surface area contributed by atoms with Crippen LogP contribution in [0, 0.1) is 0 Å². The van der Waals surface area contributed by atoms with Crippen molar-refractivity contribution in [2.24, 2.45) is 5.73 Å². The van der Waals surface area contributed by atoms with Gasteiger partial charge in [0.25, 0.3) is 0 Å². The van der Waals surface area contributed by atoms with E-state index in [1.54, 1.807) is 6.33 Å². The van der Waals surface area contributed by atoms with Crippen LogP contribution in [0.5, 0.6) is 0 Å². The molecule has 0 amide bonds. The highest BCUT2D eigenvalue weighted by atomic mass is 16.5. The number of nitrogens with zero attached hydrogens (tertiary/aromatic N) is 2. The predicted molar refractivity (Wildman–Crippen MR) is 70.8 cm³/mol. The Bertz CT molecular complexity index is 465. The SMILES string of the molecule is CC(N)Cc1cn(COCc2ccccc2)cn1. The van der Waals surface area contributed by atoms with Crippen LogP contribution in [0.1, 0.15) is 18.2 Å². The third kappa shape index (κ3) is 3.98. The minimum absolute atomic E-state index is 0.138. The molecule has 0 aliphatic heterocycles. The van der Waals surface area contributed by atoms with Crippen molar-refractivity contribution >= 4 is 0 Å². The summed E-state index contributed by atoms with van der Waals surface area (Å²) in [5.41, 5.74) is 7.91. The average molecular weight is 245 g/mol. The Morgan fingerprint density at radius 3 is 2.83 bits per heavy atom. The van der Waals surface area contributed by atoms with Gasteiger partial charge in [0.15, 0.2) is 0 Å². The molecule has 1 heterocycles. The molecule has 1 aromatic carbocycles. The number of nitrogens with two attached hydrogens (primary N) is 1. The average Bonchev–Trinajstić information content (AvgIpc) is 2.77. The molecule has 4 nitrogen and oxygen atoms in total. The Morgan fingerprint density at radius 2 is 2.11 bits per heavy atom. The summed E-state index contributed by atoms with van der Waals surface area (Å²) in [6, 6.07) is 10.3. The molecule has 0 saturated carbocycles. The molecule has 2 N–H and O–H groups in total. The molecule has 0 bridgehead atoms. The van der Waals surface area contributed by atoms with E-state index in [0.29, 0.717) is 13.3 Å². The Hall–Kier alpha value is -1.65. The first-order valence-electron chi connectivity index (χ1n) is 6.12. The van der Waals surface area contributed by atoms with Crippen LogP contribution < -0.4 is 5.73 Å². The van der Waals surface area contributed by atoms with Gasteiger partial charge in [-0.1, -0.05) is 30.3 Å². The largest absolute Gasteiger partial charge is 0.356 e. The molecular formula is C14H19N3O. The van der Waals surface area contributed by atoms with Gasteiger partial charge >= 0.3 is 0 Å². The molecule has 0 saturated heterocycles. The molecule has 0 aliphatic rings. The van der Waals surface area contributed by atoms with Crippen molar-refractivity contribution in [1.82, 2.24) is 9.55 Å². The zero-order valence-electron chi connectivity index (χ0n) is 10.6. The fraction of sp³-hybridized carbons (Fsp3) is 0.357. The summed E-state index contributed by atoms with van der Waals surface area (Å²) < 4.78 is 7.55. The van der Waals surface area contributed by atoms with E-state index in [1.165, 1.54) is 5.56 Å². The third-order valence-electron chi connectivity index (χ3n) is 2.57. The van der Waals surface area contributed by atoms with E-state index < -0.39 is 0 Å². The quantitative estimate of drug-likeness (QED) is 0.846. The fourth-order valence-corrected chi connectivity index (χ4v) is 1.76. The number of imidazole rings is 1. The van der Waals surface area contributed by atoms with Crippen LogP contribution in [0.4, 0.5) is 0 Å². The predicted octanol–water partition coefficient (Wildman–Crippen LogP) is 1.95. The van der Waals surface area contributed by atoms with Crippen LogP contribution >= 0.6 is 0 Å². The van der Waals surface area contributed by atoms with Gasteiger partial charge < -0.3 is 15.0 Å².